The molecule has 0 atom stereocenters. The maximum Gasteiger partial charge on any atom is 0.258 e. The lowest BCUT2D eigenvalue weighted by Gasteiger charge is -2.21. The first kappa shape index (κ1) is 14.6. The highest BCUT2D eigenvalue weighted by Gasteiger charge is 2.20. The monoisotopic (exact) mass is 287 g/mol. The highest BCUT2D eigenvalue weighted by molar-refractivity contribution is 5.97. The Morgan fingerprint density at radius 2 is 2.14 bits per heavy atom. The first-order valence-electron chi connectivity index (χ1n) is 6.39. The number of rotatable bonds is 5. The second kappa shape index (κ2) is 6.08. The SMILES string of the molecule is Cc1[nH]ncc1C(=O)N(CC(N)=O)Cc1cccc(N)c1. The van der Waals surface area contributed by atoms with Gasteiger partial charge in [0.15, 0.2) is 0 Å². The molecule has 110 valence electrons. The molecule has 0 fully saturated rings. The maximum absolute atomic E-state index is 12.5. The molecule has 0 spiro atoms. The molecule has 0 radical (unpaired) electrons. The summed E-state index contributed by atoms with van der Waals surface area (Å²) in [4.78, 5) is 25.1. The summed E-state index contributed by atoms with van der Waals surface area (Å²) in [6.45, 7) is 1.82. The van der Waals surface area contributed by atoms with Crippen LogP contribution in [0.4, 0.5) is 5.69 Å². The summed E-state index contributed by atoms with van der Waals surface area (Å²) in [7, 11) is 0. The summed E-state index contributed by atoms with van der Waals surface area (Å²) in [6, 6.07) is 7.13. The number of carbonyl (C=O) groups is 2. The second-order valence-electron chi connectivity index (χ2n) is 4.78. The highest BCUT2D eigenvalue weighted by Crippen LogP contribution is 2.13. The van der Waals surface area contributed by atoms with Crippen LogP contribution in [0.25, 0.3) is 0 Å². The van der Waals surface area contributed by atoms with Crippen molar-refractivity contribution in [3.05, 3.63) is 47.3 Å². The third kappa shape index (κ3) is 3.59. The maximum atomic E-state index is 12.5. The minimum absolute atomic E-state index is 0.168. The summed E-state index contributed by atoms with van der Waals surface area (Å²) in [5.41, 5.74) is 13.4. The van der Waals surface area contributed by atoms with E-state index in [1.807, 2.05) is 6.07 Å². The fraction of sp³-hybridized carbons (Fsp3) is 0.214. The topological polar surface area (TPSA) is 118 Å². The fourth-order valence-electron chi connectivity index (χ4n) is 2.04. The van der Waals surface area contributed by atoms with Crippen molar-refractivity contribution >= 4 is 17.5 Å². The Balaban J connectivity index is 2.24. The molecule has 21 heavy (non-hydrogen) atoms. The number of nitrogens with zero attached hydrogens (tertiary/aromatic N) is 2. The lowest BCUT2D eigenvalue weighted by molar-refractivity contribution is -0.118. The van der Waals surface area contributed by atoms with Crippen molar-refractivity contribution < 1.29 is 9.59 Å². The van der Waals surface area contributed by atoms with E-state index < -0.39 is 5.91 Å². The van der Waals surface area contributed by atoms with Crippen LogP contribution in [0.1, 0.15) is 21.6 Å². The molecule has 7 heteroatoms. The predicted octanol–water partition coefficient (Wildman–Crippen LogP) is 0.428. The number of carbonyl (C=O) groups excluding carboxylic acids is 2. The van der Waals surface area contributed by atoms with Crippen molar-refractivity contribution in [2.45, 2.75) is 13.5 Å². The van der Waals surface area contributed by atoms with Gasteiger partial charge in [0.1, 0.15) is 0 Å². The minimum atomic E-state index is -0.576. The van der Waals surface area contributed by atoms with Crippen LogP contribution < -0.4 is 11.5 Å². The summed E-state index contributed by atoms with van der Waals surface area (Å²) >= 11 is 0. The Morgan fingerprint density at radius 3 is 2.71 bits per heavy atom. The fourth-order valence-corrected chi connectivity index (χ4v) is 2.04. The molecule has 0 bridgehead atoms. The largest absolute Gasteiger partial charge is 0.399 e. The Morgan fingerprint density at radius 1 is 1.38 bits per heavy atom. The van der Waals surface area contributed by atoms with Crippen LogP contribution in [0, 0.1) is 6.92 Å². The van der Waals surface area contributed by atoms with Gasteiger partial charge in [-0.25, -0.2) is 0 Å². The van der Waals surface area contributed by atoms with E-state index in [0.29, 0.717) is 16.9 Å². The lowest BCUT2D eigenvalue weighted by Crippen LogP contribution is -2.38. The van der Waals surface area contributed by atoms with Crippen LogP contribution in [0.5, 0.6) is 0 Å². The van der Waals surface area contributed by atoms with Crippen LogP contribution in [0.15, 0.2) is 30.5 Å². The number of hydrogen-bond acceptors (Lipinski definition) is 4. The Kier molecular flexibility index (Phi) is 4.22. The van der Waals surface area contributed by atoms with E-state index in [0.717, 1.165) is 5.56 Å². The van der Waals surface area contributed by atoms with Crippen LogP contribution in [-0.4, -0.2) is 33.5 Å². The third-order valence-electron chi connectivity index (χ3n) is 3.02. The molecule has 0 aliphatic carbocycles. The van der Waals surface area contributed by atoms with E-state index in [2.05, 4.69) is 10.2 Å². The van der Waals surface area contributed by atoms with Gasteiger partial charge in [0.25, 0.3) is 5.91 Å². The van der Waals surface area contributed by atoms with Gasteiger partial charge in [0.05, 0.1) is 18.3 Å². The minimum Gasteiger partial charge on any atom is -0.399 e. The zero-order chi connectivity index (χ0) is 15.4. The molecule has 0 aliphatic heterocycles. The molecule has 2 amide bonds. The van der Waals surface area contributed by atoms with Crippen molar-refractivity contribution in [2.24, 2.45) is 5.73 Å². The van der Waals surface area contributed by atoms with Crippen molar-refractivity contribution in [3.8, 4) is 0 Å². The van der Waals surface area contributed by atoms with Gasteiger partial charge in [-0.05, 0) is 24.6 Å². The normalized spacial score (nSPS) is 10.3. The van der Waals surface area contributed by atoms with Crippen molar-refractivity contribution in [2.75, 3.05) is 12.3 Å². The van der Waals surface area contributed by atoms with Crippen molar-refractivity contribution in [3.63, 3.8) is 0 Å². The first-order valence-corrected chi connectivity index (χ1v) is 6.39. The smallest absolute Gasteiger partial charge is 0.258 e. The zero-order valence-corrected chi connectivity index (χ0v) is 11.7. The molecule has 0 saturated carbocycles. The zero-order valence-electron chi connectivity index (χ0n) is 11.7. The van der Waals surface area contributed by atoms with Gasteiger partial charge in [0.2, 0.25) is 5.91 Å². The van der Waals surface area contributed by atoms with Gasteiger partial charge >= 0.3 is 0 Å². The van der Waals surface area contributed by atoms with Crippen LogP contribution in [0.3, 0.4) is 0 Å². The summed E-state index contributed by atoms with van der Waals surface area (Å²) < 4.78 is 0. The van der Waals surface area contributed by atoms with Crippen LogP contribution in [0.2, 0.25) is 0 Å². The number of benzene rings is 1. The number of aryl methyl sites for hydroxylation is 1. The van der Waals surface area contributed by atoms with Gasteiger partial charge < -0.3 is 16.4 Å². The van der Waals surface area contributed by atoms with E-state index in [1.54, 1.807) is 25.1 Å². The Hall–Kier alpha value is -2.83. The molecule has 0 aliphatic rings. The van der Waals surface area contributed by atoms with Gasteiger partial charge in [-0.3, -0.25) is 14.7 Å². The van der Waals surface area contributed by atoms with E-state index >= 15 is 0 Å². The standard InChI is InChI=1S/C14H17N5O2/c1-9-12(6-17-18-9)14(21)19(8-13(16)20)7-10-3-2-4-11(15)5-10/h2-6H,7-8,15H2,1H3,(H2,16,20)(H,17,18). The van der Waals surface area contributed by atoms with Gasteiger partial charge in [-0.1, -0.05) is 12.1 Å². The molecule has 1 aromatic heterocycles. The first-order chi connectivity index (χ1) is 9.97. The van der Waals surface area contributed by atoms with Crippen molar-refractivity contribution in [1.82, 2.24) is 15.1 Å². The Labute approximate surface area is 121 Å². The summed E-state index contributed by atoms with van der Waals surface area (Å²) in [5, 5.41) is 6.51. The van der Waals surface area contributed by atoms with Crippen LogP contribution in [-0.2, 0) is 11.3 Å². The molecular weight excluding hydrogens is 270 g/mol. The average Bonchev–Trinajstić information content (AvgIpc) is 2.83. The lowest BCUT2D eigenvalue weighted by atomic mass is 10.1. The van der Waals surface area contributed by atoms with E-state index in [1.165, 1.54) is 11.1 Å². The summed E-state index contributed by atoms with van der Waals surface area (Å²) in [6.07, 6.45) is 1.44. The average molecular weight is 287 g/mol. The van der Waals surface area contributed by atoms with E-state index in [4.69, 9.17) is 11.5 Å². The van der Waals surface area contributed by atoms with E-state index in [-0.39, 0.29) is 19.0 Å². The summed E-state index contributed by atoms with van der Waals surface area (Å²) in [5.74, 6) is -0.879. The molecule has 7 nitrogen and oxygen atoms in total. The highest BCUT2D eigenvalue weighted by atomic mass is 16.2. The van der Waals surface area contributed by atoms with Crippen LogP contribution >= 0.6 is 0 Å². The third-order valence-corrected chi connectivity index (χ3v) is 3.02. The molecule has 2 rings (SSSR count). The molecule has 1 aromatic carbocycles. The molecule has 2 aromatic rings. The number of aromatic amines is 1. The molecule has 1 heterocycles. The van der Waals surface area contributed by atoms with Gasteiger partial charge in [-0.15, -0.1) is 0 Å². The second-order valence-corrected chi connectivity index (χ2v) is 4.78. The number of anilines is 1. The number of H-pyrrole nitrogens is 1. The molecule has 0 saturated heterocycles. The molecule has 5 N–H and O–H groups in total. The number of primary amides is 1. The predicted molar refractivity (Wildman–Crippen MR) is 78.1 cm³/mol. The van der Waals surface area contributed by atoms with Gasteiger partial charge in [-0.2, -0.15) is 5.10 Å². The van der Waals surface area contributed by atoms with Gasteiger partial charge in [0, 0.05) is 17.9 Å². The number of nitrogens with two attached hydrogens (primary N) is 2. The molecular formula is C14H17N5O2. The number of nitrogens with one attached hydrogen (secondary N) is 1. The van der Waals surface area contributed by atoms with Crippen molar-refractivity contribution in [1.29, 1.82) is 0 Å². The van der Waals surface area contributed by atoms with E-state index in [9.17, 15) is 9.59 Å². The number of amides is 2. The number of nitrogen functional groups attached to an aromatic ring is 1. The Bertz CT molecular complexity index is 665. The number of aromatic nitrogens is 2. The number of hydrogen-bond donors (Lipinski definition) is 3. The quantitative estimate of drug-likeness (QED) is 0.691. The molecule has 0 unspecified atom stereocenters.